The zero-order valence-corrected chi connectivity index (χ0v) is 11.0. The van der Waals surface area contributed by atoms with E-state index in [1.807, 2.05) is 31.3 Å². The quantitative estimate of drug-likeness (QED) is 0.819. The van der Waals surface area contributed by atoms with Crippen LogP contribution < -0.4 is 11.1 Å². The minimum Gasteiger partial charge on any atom is -0.397 e. The minimum absolute atomic E-state index is 0.662. The topological polar surface area (TPSA) is 38.0 Å². The average molecular weight is 265 g/mol. The summed E-state index contributed by atoms with van der Waals surface area (Å²) in [5, 5.41) is 3.73. The van der Waals surface area contributed by atoms with Gasteiger partial charge in [-0.2, -0.15) is 0 Å². The van der Waals surface area contributed by atoms with Crippen LogP contribution in [0, 0.1) is 0 Å². The maximum atomic E-state index is 6.18. The smallest absolute Gasteiger partial charge is 0.0583 e. The van der Waals surface area contributed by atoms with Crippen molar-refractivity contribution in [3.63, 3.8) is 0 Å². The molecule has 3 N–H and O–H groups in total. The zero-order chi connectivity index (χ0) is 12.3. The van der Waals surface area contributed by atoms with E-state index < -0.39 is 0 Å². The van der Waals surface area contributed by atoms with Crippen LogP contribution in [0.5, 0.6) is 0 Å². The van der Waals surface area contributed by atoms with Gasteiger partial charge in [-0.15, -0.1) is 0 Å². The Labute approximate surface area is 110 Å². The summed E-state index contributed by atoms with van der Waals surface area (Å²) in [6.45, 7) is 0. The lowest BCUT2D eigenvalue weighted by Gasteiger charge is -2.10. The van der Waals surface area contributed by atoms with Gasteiger partial charge in [0, 0.05) is 16.8 Å². The van der Waals surface area contributed by atoms with Crippen LogP contribution in [-0.4, -0.2) is 7.05 Å². The third-order valence-corrected chi connectivity index (χ3v) is 3.83. The molecule has 2 nitrogen and oxygen atoms in total. The van der Waals surface area contributed by atoms with E-state index in [4.69, 9.17) is 17.3 Å². The predicted molar refractivity (Wildman–Crippen MR) is 76.0 cm³/mol. The highest BCUT2D eigenvalue weighted by molar-refractivity contribution is 7.99. The van der Waals surface area contributed by atoms with Gasteiger partial charge in [0.15, 0.2) is 0 Å². The minimum atomic E-state index is 0.662. The van der Waals surface area contributed by atoms with Crippen molar-refractivity contribution in [2.45, 2.75) is 9.79 Å². The molecule has 2 rings (SSSR count). The molecule has 0 fully saturated rings. The maximum absolute atomic E-state index is 6.18. The van der Waals surface area contributed by atoms with E-state index in [-0.39, 0.29) is 0 Å². The molecule has 0 saturated heterocycles. The SMILES string of the molecule is CNc1cc(Sc2ccccc2)c(Cl)cc1N. The van der Waals surface area contributed by atoms with Gasteiger partial charge in [0.2, 0.25) is 0 Å². The Morgan fingerprint density at radius 1 is 1.18 bits per heavy atom. The first-order chi connectivity index (χ1) is 8.20. The standard InChI is InChI=1S/C13H13ClN2S/c1-16-12-8-13(10(14)7-11(12)15)17-9-5-3-2-4-6-9/h2-8,16H,15H2,1H3. The van der Waals surface area contributed by atoms with Gasteiger partial charge >= 0.3 is 0 Å². The highest BCUT2D eigenvalue weighted by atomic mass is 35.5. The summed E-state index contributed by atoms with van der Waals surface area (Å²) in [5.74, 6) is 0. The molecular formula is C13H13ClN2S. The van der Waals surface area contributed by atoms with Crippen LogP contribution in [0.25, 0.3) is 0 Å². The molecule has 0 aliphatic carbocycles. The normalized spacial score (nSPS) is 10.2. The fourth-order valence-electron chi connectivity index (χ4n) is 1.48. The van der Waals surface area contributed by atoms with Crippen molar-refractivity contribution in [2.75, 3.05) is 18.1 Å². The second-order valence-electron chi connectivity index (χ2n) is 3.53. The molecule has 0 radical (unpaired) electrons. The van der Waals surface area contributed by atoms with Gasteiger partial charge in [-0.3, -0.25) is 0 Å². The lowest BCUT2D eigenvalue weighted by molar-refractivity contribution is 1.39. The summed E-state index contributed by atoms with van der Waals surface area (Å²) in [5.41, 5.74) is 7.40. The van der Waals surface area contributed by atoms with Gasteiger partial charge < -0.3 is 11.1 Å². The van der Waals surface area contributed by atoms with Gasteiger partial charge in [0.25, 0.3) is 0 Å². The molecule has 0 atom stereocenters. The molecule has 0 unspecified atom stereocenters. The number of rotatable bonds is 3. The molecule has 4 heteroatoms. The Bertz CT molecular complexity index is 514. The van der Waals surface area contributed by atoms with Crippen LogP contribution in [-0.2, 0) is 0 Å². The molecule has 0 aliphatic heterocycles. The lowest BCUT2D eigenvalue weighted by Crippen LogP contribution is -1.96. The molecular weight excluding hydrogens is 252 g/mol. The van der Waals surface area contributed by atoms with Crippen molar-refractivity contribution >= 4 is 34.7 Å². The summed E-state index contributed by atoms with van der Waals surface area (Å²) in [6, 6.07) is 13.9. The first-order valence-electron chi connectivity index (χ1n) is 5.20. The van der Waals surface area contributed by atoms with Crippen LogP contribution in [0.2, 0.25) is 5.02 Å². The number of benzene rings is 2. The second kappa shape index (κ2) is 5.34. The van der Waals surface area contributed by atoms with E-state index in [0.717, 1.165) is 15.5 Å². The van der Waals surface area contributed by atoms with Crippen LogP contribution in [0.3, 0.4) is 0 Å². The first kappa shape index (κ1) is 12.1. The van der Waals surface area contributed by atoms with E-state index in [0.29, 0.717) is 10.7 Å². The van der Waals surface area contributed by atoms with E-state index in [9.17, 15) is 0 Å². The Morgan fingerprint density at radius 3 is 2.53 bits per heavy atom. The van der Waals surface area contributed by atoms with Gasteiger partial charge in [-0.25, -0.2) is 0 Å². The number of hydrogen-bond acceptors (Lipinski definition) is 3. The van der Waals surface area contributed by atoms with E-state index in [2.05, 4.69) is 17.4 Å². The number of anilines is 2. The molecule has 88 valence electrons. The number of nitrogens with one attached hydrogen (secondary N) is 1. The number of nitrogen functional groups attached to an aromatic ring is 1. The third-order valence-electron chi connectivity index (χ3n) is 2.34. The largest absolute Gasteiger partial charge is 0.397 e. The summed E-state index contributed by atoms with van der Waals surface area (Å²) >= 11 is 7.80. The Kier molecular flexibility index (Phi) is 3.82. The monoisotopic (exact) mass is 264 g/mol. The summed E-state index contributed by atoms with van der Waals surface area (Å²) in [4.78, 5) is 2.15. The molecule has 0 spiro atoms. The van der Waals surface area contributed by atoms with Gasteiger partial charge in [0.1, 0.15) is 0 Å². The average Bonchev–Trinajstić information content (AvgIpc) is 2.34. The fourth-order valence-corrected chi connectivity index (χ4v) is 2.65. The second-order valence-corrected chi connectivity index (χ2v) is 5.06. The van der Waals surface area contributed by atoms with Crippen molar-refractivity contribution in [3.8, 4) is 0 Å². The zero-order valence-electron chi connectivity index (χ0n) is 9.41. The van der Waals surface area contributed by atoms with Crippen LogP contribution in [0.1, 0.15) is 0 Å². The molecule has 0 bridgehead atoms. The highest BCUT2D eigenvalue weighted by Gasteiger charge is 2.07. The number of hydrogen-bond donors (Lipinski definition) is 2. The Balaban J connectivity index is 2.33. The number of halogens is 1. The number of nitrogens with two attached hydrogens (primary N) is 1. The molecule has 2 aromatic carbocycles. The predicted octanol–water partition coefficient (Wildman–Crippen LogP) is 4.12. The molecule has 0 heterocycles. The van der Waals surface area contributed by atoms with E-state index in [1.165, 1.54) is 0 Å². The van der Waals surface area contributed by atoms with Crippen molar-refractivity contribution in [3.05, 3.63) is 47.5 Å². The fraction of sp³-hybridized carbons (Fsp3) is 0.0769. The highest BCUT2D eigenvalue weighted by Crippen LogP contribution is 2.37. The third kappa shape index (κ3) is 2.87. The van der Waals surface area contributed by atoms with Gasteiger partial charge in [-0.1, -0.05) is 41.6 Å². The van der Waals surface area contributed by atoms with Gasteiger partial charge in [-0.05, 0) is 24.3 Å². The van der Waals surface area contributed by atoms with E-state index in [1.54, 1.807) is 17.8 Å². The summed E-state index contributed by atoms with van der Waals surface area (Å²) < 4.78 is 0. The van der Waals surface area contributed by atoms with Crippen LogP contribution >= 0.6 is 23.4 Å². The maximum Gasteiger partial charge on any atom is 0.0583 e. The molecule has 0 aromatic heterocycles. The van der Waals surface area contributed by atoms with Crippen molar-refractivity contribution in [2.24, 2.45) is 0 Å². The molecule has 17 heavy (non-hydrogen) atoms. The molecule has 0 saturated carbocycles. The first-order valence-corrected chi connectivity index (χ1v) is 6.40. The Morgan fingerprint density at radius 2 is 1.88 bits per heavy atom. The van der Waals surface area contributed by atoms with Crippen molar-refractivity contribution in [1.82, 2.24) is 0 Å². The summed E-state index contributed by atoms with van der Waals surface area (Å²) in [7, 11) is 1.84. The lowest BCUT2D eigenvalue weighted by atomic mass is 10.3. The van der Waals surface area contributed by atoms with Crippen molar-refractivity contribution in [1.29, 1.82) is 0 Å². The Hall–Kier alpha value is -1.32. The molecule has 0 amide bonds. The molecule has 0 aliphatic rings. The van der Waals surface area contributed by atoms with Gasteiger partial charge in [0.05, 0.1) is 16.4 Å². The summed E-state index contributed by atoms with van der Waals surface area (Å²) in [6.07, 6.45) is 0. The van der Waals surface area contributed by atoms with Crippen molar-refractivity contribution < 1.29 is 0 Å². The molecule has 2 aromatic rings. The van der Waals surface area contributed by atoms with Crippen LogP contribution in [0.4, 0.5) is 11.4 Å². The van der Waals surface area contributed by atoms with Crippen LogP contribution in [0.15, 0.2) is 52.3 Å². The van der Waals surface area contributed by atoms with E-state index >= 15 is 0 Å².